The van der Waals surface area contributed by atoms with Gasteiger partial charge in [-0.1, -0.05) is 0 Å². The third-order valence-corrected chi connectivity index (χ3v) is 6.02. The summed E-state index contributed by atoms with van der Waals surface area (Å²) in [5.74, 6) is -1.54. The van der Waals surface area contributed by atoms with Gasteiger partial charge < -0.3 is 10.6 Å². The van der Waals surface area contributed by atoms with Crippen molar-refractivity contribution in [2.75, 3.05) is 17.8 Å². The first kappa shape index (κ1) is 19.8. The fourth-order valence-electron chi connectivity index (χ4n) is 3.09. The molecule has 3 N–H and O–H groups in total. The van der Waals surface area contributed by atoms with Crippen LogP contribution in [0.15, 0.2) is 53.4 Å². The highest BCUT2D eigenvalue weighted by Crippen LogP contribution is 2.20. The Morgan fingerprint density at radius 3 is 2.32 bits per heavy atom. The highest BCUT2D eigenvalue weighted by Gasteiger charge is 2.27. The molecule has 0 aromatic heterocycles. The Kier molecular flexibility index (Phi) is 5.64. The molecule has 3 rings (SSSR count). The fourth-order valence-corrected chi connectivity index (χ4v) is 4.14. The molecule has 1 atom stereocenters. The molecule has 2 aromatic rings. The smallest absolute Gasteiger partial charge is 0.261 e. The molecule has 1 aliphatic heterocycles. The van der Waals surface area contributed by atoms with Crippen LogP contribution in [0.4, 0.5) is 10.1 Å². The summed E-state index contributed by atoms with van der Waals surface area (Å²) < 4.78 is 40.2. The van der Waals surface area contributed by atoms with Crippen molar-refractivity contribution in [2.24, 2.45) is 11.7 Å². The van der Waals surface area contributed by atoms with Crippen molar-refractivity contribution >= 4 is 27.5 Å². The number of sulfonamides is 1. The summed E-state index contributed by atoms with van der Waals surface area (Å²) in [6.45, 7) is 0.787. The third kappa shape index (κ3) is 4.48. The fraction of sp³-hybridized carbons (Fsp3) is 0.263. The predicted octanol–water partition coefficient (Wildman–Crippen LogP) is 1.96. The summed E-state index contributed by atoms with van der Waals surface area (Å²) in [6, 6.07) is 10.4. The average molecular weight is 405 g/mol. The SMILES string of the molecule is NC(=O)[C@H]1CCCN(C(=O)c2ccc(S(=O)(=O)Nc3ccc(F)cc3)cc2)C1. The Morgan fingerprint density at radius 1 is 1.07 bits per heavy atom. The first-order valence-corrected chi connectivity index (χ1v) is 10.2. The number of primary amides is 1. The summed E-state index contributed by atoms with van der Waals surface area (Å²) in [5.41, 5.74) is 5.89. The minimum atomic E-state index is -3.87. The molecule has 0 bridgehead atoms. The van der Waals surface area contributed by atoms with Gasteiger partial charge in [0.15, 0.2) is 0 Å². The van der Waals surface area contributed by atoms with E-state index in [9.17, 15) is 22.4 Å². The molecule has 148 valence electrons. The first-order valence-electron chi connectivity index (χ1n) is 8.73. The number of nitrogens with one attached hydrogen (secondary N) is 1. The normalized spacial score (nSPS) is 17.2. The number of benzene rings is 2. The van der Waals surface area contributed by atoms with Crippen molar-refractivity contribution in [3.8, 4) is 0 Å². The number of carbonyl (C=O) groups excluding carboxylic acids is 2. The Hall–Kier alpha value is -2.94. The number of halogens is 1. The van der Waals surface area contributed by atoms with E-state index in [1.54, 1.807) is 4.90 Å². The summed E-state index contributed by atoms with van der Waals surface area (Å²) >= 11 is 0. The van der Waals surface area contributed by atoms with Crippen LogP contribution in [0.25, 0.3) is 0 Å². The second kappa shape index (κ2) is 7.97. The molecule has 2 amide bonds. The molecular formula is C19H20FN3O4S. The predicted molar refractivity (Wildman–Crippen MR) is 101 cm³/mol. The maximum absolute atomic E-state index is 12.9. The number of nitrogens with zero attached hydrogens (tertiary/aromatic N) is 1. The standard InChI is InChI=1S/C19H20FN3O4S/c20-15-5-7-16(8-6-15)22-28(26,27)17-9-3-13(4-10-17)19(25)23-11-1-2-14(12-23)18(21)24/h3-10,14,22H,1-2,11-12H2,(H2,21,24)/t14-/m0/s1. The quantitative estimate of drug-likeness (QED) is 0.792. The molecule has 0 aliphatic carbocycles. The van der Waals surface area contributed by atoms with Gasteiger partial charge in [-0.05, 0) is 61.4 Å². The van der Waals surface area contributed by atoms with E-state index in [1.807, 2.05) is 0 Å². The number of hydrogen-bond acceptors (Lipinski definition) is 4. The van der Waals surface area contributed by atoms with Gasteiger partial charge in [0.2, 0.25) is 5.91 Å². The van der Waals surface area contributed by atoms with Crippen molar-refractivity contribution in [2.45, 2.75) is 17.7 Å². The van der Waals surface area contributed by atoms with Crippen LogP contribution >= 0.6 is 0 Å². The van der Waals surface area contributed by atoms with E-state index in [-0.39, 0.29) is 29.0 Å². The van der Waals surface area contributed by atoms with Gasteiger partial charge in [-0.25, -0.2) is 12.8 Å². The van der Waals surface area contributed by atoms with Gasteiger partial charge in [-0.2, -0.15) is 0 Å². The molecular weight excluding hydrogens is 385 g/mol. The van der Waals surface area contributed by atoms with Gasteiger partial charge in [0.1, 0.15) is 5.82 Å². The summed E-state index contributed by atoms with van der Waals surface area (Å²) in [4.78, 5) is 25.5. The van der Waals surface area contributed by atoms with Gasteiger partial charge in [0.25, 0.3) is 15.9 Å². The molecule has 1 aliphatic rings. The summed E-state index contributed by atoms with van der Waals surface area (Å²) in [7, 11) is -3.87. The molecule has 2 aromatic carbocycles. The number of anilines is 1. The van der Waals surface area contributed by atoms with Crippen LogP contribution in [0.5, 0.6) is 0 Å². The van der Waals surface area contributed by atoms with Crippen molar-refractivity contribution in [3.63, 3.8) is 0 Å². The maximum Gasteiger partial charge on any atom is 0.261 e. The second-order valence-electron chi connectivity index (χ2n) is 6.63. The van der Waals surface area contributed by atoms with E-state index >= 15 is 0 Å². The Labute approximate surface area is 162 Å². The van der Waals surface area contributed by atoms with Crippen LogP contribution in [0.3, 0.4) is 0 Å². The molecule has 1 fully saturated rings. The number of amides is 2. The zero-order valence-corrected chi connectivity index (χ0v) is 15.8. The Bertz CT molecular complexity index is 975. The van der Waals surface area contributed by atoms with E-state index in [0.717, 1.165) is 12.1 Å². The van der Waals surface area contributed by atoms with Crippen LogP contribution in [-0.2, 0) is 14.8 Å². The summed E-state index contributed by atoms with van der Waals surface area (Å²) in [5, 5.41) is 0. The lowest BCUT2D eigenvalue weighted by Crippen LogP contribution is -2.44. The summed E-state index contributed by atoms with van der Waals surface area (Å²) in [6.07, 6.45) is 1.35. The van der Waals surface area contributed by atoms with E-state index in [0.29, 0.717) is 24.9 Å². The van der Waals surface area contributed by atoms with Gasteiger partial charge in [-0.15, -0.1) is 0 Å². The first-order chi connectivity index (χ1) is 13.3. The van der Waals surface area contributed by atoms with Crippen LogP contribution in [0.1, 0.15) is 23.2 Å². The van der Waals surface area contributed by atoms with Gasteiger partial charge in [0, 0.05) is 24.3 Å². The zero-order valence-electron chi connectivity index (χ0n) is 15.0. The molecule has 0 unspecified atom stereocenters. The molecule has 1 heterocycles. The zero-order chi connectivity index (χ0) is 20.3. The second-order valence-corrected chi connectivity index (χ2v) is 8.31. The number of nitrogens with two attached hydrogens (primary N) is 1. The Morgan fingerprint density at radius 2 is 1.71 bits per heavy atom. The lowest BCUT2D eigenvalue weighted by molar-refractivity contribution is -0.123. The van der Waals surface area contributed by atoms with E-state index in [1.165, 1.54) is 36.4 Å². The highest BCUT2D eigenvalue weighted by molar-refractivity contribution is 7.92. The number of likely N-dealkylation sites (tertiary alicyclic amines) is 1. The topological polar surface area (TPSA) is 110 Å². The largest absolute Gasteiger partial charge is 0.369 e. The lowest BCUT2D eigenvalue weighted by atomic mass is 9.97. The average Bonchev–Trinajstić information content (AvgIpc) is 2.69. The van der Waals surface area contributed by atoms with E-state index in [2.05, 4.69) is 4.72 Å². The van der Waals surface area contributed by atoms with Crippen LogP contribution in [-0.4, -0.2) is 38.2 Å². The van der Waals surface area contributed by atoms with Gasteiger partial charge in [0.05, 0.1) is 10.8 Å². The monoisotopic (exact) mass is 405 g/mol. The Balaban J connectivity index is 1.72. The molecule has 0 radical (unpaired) electrons. The van der Waals surface area contributed by atoms with Crippen molar-refractivity contribution in [1.82, 2.24) is 4.90 Å². The number of hydrogen-bond donors (Lipinski definition) is 2. The number of carbonyl (C=O) groups is 2. The van der Waals surface area contributed by atoms with Crippen molar-refractivity contribution < 1.29 is 22.4 Å². The molecule has 0 spiro atoms. The van der Waals surface area contributed by atoms with Gasteiger partial charge in [-0.3, -0.25) is 14.3 Å². The van der Waals surface area contributed by atoms with Crippen molar-refractivity contribution in [3.05, 3.63) is 59.9 Å². The van der Waals surface area contributed by atoms with Crippen molar-refractivity contribution in [1.29, 1.82) is 0 Å². The molecule has 28 heavy (non-hydrogen) atoms. The highest BCUT2D eigenvalue weighted by atomic mass is 32.2. The lowest BCUT2D eigenvalue weighted by Gasteiger charge is -2.31. The van der Waals surface area contributed by atoms with Crippen LogP contribution in [0.2, 0.25) is 0 Å². The molecule has 9 heteroatoms. The minimum absolute atomic E-state index is 0.0259. The third-order valence-electron chi connectivity index (χ3n) is 4.62. The number of rotatable bonds is 5. The van der Waals surface area contributed by atoms with Crippen LogP contribution < -0.4 is 10.5 Å². The van der Waals surface area contributed by atoms with Gasteiger partial charge >= 0.3 is 0 Å². The van der Waals surface area contributed by atoms with E-state index < -0.39 is 21.7 Å². The maximum atomic E-state index is 12.9. The molecule has 7 nitrogen and oxygen atoms in total. The van der Waals surface area contributed by atoms with Crippen LogP contribution in [0, 0.1) is 11.7 Å². The number of piperidine rings is 1. The minimum Gasteiger partial charge on any atom is -0.369 e. The molecule has 0 saturated carbocycles. The van der Waals surface area contributed by atoms with E-state index in [4.69, 9.17) is 5.73 Å². The molecule has 1 saturated heterocycles.